The van der Waals surface area contributed by atoms with Gasteiger partial charge in [-0.3, -0.25) is 9.48 Å². The first kappa shape index (κ1) is 16.3. The monoisotopic (exact) mass is 338 g/mol. The molecule has 1 saturated heterocycles. The number of benzene rings is 1. The molecule has 2 aliphatic rings. The van der Waals surface area contributed by atoms with E-state index in [1.54, 1.807) is 10.9 Å². The van der Waals surface area contributed by atoms with E-state index >= 15 is 0 Å². The van der Waals surface area contributed by atoms with Gasteiger partial charge in [-0.1, -0.05) is 36.8 Å². The second-order valence-corrected chi connectivity index (χ2v) is 7.36. The first-order valence-electron chi connectivity index (χ1n) is 9.31. The average Bonchev–Trinajstić information content (AvgIpc) is 3.32. The van der Waals surface area contributed by atoms with Crippen LogP contribution in [0.4, 0.5) is 5.69 Å². The van der Waals surface area contributed by atoms with Gasteiger partial charge in [0, 0.05) is 25.8 Å². The summed E-state index contributed by atoms with van der Waals surface area (Å²) < 4.78 is 1.75. The van der Waals surface area contributed by atoms with Gasteiger partial charge >= 0.3 is 0 Å². The quantitative estimate of drug-likeness (QED) is 0.911. The number of amides is 1. The van der Waals surface area contributed by atoms with Gasteiger partial charge < -0.3 is 10.2 Å². The van der Waals surface area contributed by atoms with Crippen LogP contribution < -0.4 is 10.2 Å². The number of rotatable bonds is 5. The highest BCUT2D eigenvalue weighted by molar-refractivity contribution is 5.99. The Kier molecular flexibility index (Phi) is 4.57. The molecule has 1 aliphatic carbocycles. The summed E-state index contributed by atoms with van der Waals surface area (Å²) in [6.45, 7) is 0.776. The SMILES string of the molecule is Cn1cc(N2CCC(NC3CCCC3Cc3ccccc3)C2=O)cn1. The Labute approximate surface area is 149 Å². The molecule has 132 valence electrons. The molecule has 2 aromatic rings. The number of carbonyl (C=O) groups excluding carboxylic acids is 1. The molecule has 1 aromatic carbocycles. The standard InChI is InChI=1S/C20H26N4O/c1-23-14-17(13-21-23)24-11-10-19(20(24)25)22-18-9-5-8-16(18)12-15-6-3-2-4-7-15/h2-4,6-7,13-14,16,18-19,22H,5,8-12H2,1H3. The normalized spacial score (nSPS) is 26.5. The van der Waals surface area contributed by atoms with Crippen molar-refractivity contribution < 1.29 is 4.79 Å². The van der Waals surface area contributed by atoms with Crippen LogP contribution in [0.5, 0.6) is 0 Å². The highest BCUT2D eigenvalue weighted by Crippen LogP contribution is 2.30. The van der Waals surface area contributed by atoms with Crippen molar-refractivity contribution in [1.29, 1.82) is 0 Å². The van der Waals surface area contributed by atoms with E-state index in [9.17, 15) is 4.79 Å². The minimum absolute atomic E-state index is 0.0541. The van der Waals surface area contributed by atoms with E-state index in [0.29, 0.717) is 12.0 Å². The number of anilines is 1. The summed E-state index contributed by atoms with van der Waals surface area (Å²) in [5, 5.41) is 7.87. The van der Waals surface area contributed by atoms with Gasteiger partial charge in [0.1, 0.15) is 0 Å². The average molecular weight is 338 g/mol. The van der Waals surface area contributed by atoms with Crippen molar-refractivity contribution in [3.63, 3.8) is 0 Å². The predicted octanol–water partition coefficient (Wildman–Crippen LogP) is 2.53. The number of aryl methyl sites for hydroxylation is 1. The lowest BCUT2D eigenvalue weighted by atomic mass is 9.94. The molecule has 0 spiro atoms. The van der Waals surface area contributed by atoms with E-state index in [1.165, 1.54) is 24.8 Å². The summed E-state index contributed by atoms with van der Waals surface area (Å²) in [5.41, 5.74) is 2.31. The molecule has 1 aromatic heterocycles. The van der Waals surface area contributed by atoms with Crippen LogP contribution in [-0.2, 0) is 18.3 Å². The van der Waals surface area contributed by atoms with E-state index in [1.807, 2.05) is 18.1 Å². The molecular formula is C20H26N4O. The van der Waals surface area contributed by atoms with Crippen LogP contribution in [0.15, 0.2) is 42.7 Å². The molecule has 25 heavy (non-hydrogen) atoms. The van der Waals surface area contributed by atoms with E-state index in [2.05, 4.69) is 40.7 Å². The Hall–Kier alpha value is -2.14. The number of hydrogen-bond acceptors (Lipinski definition) is 3. The third-order valence-corrected chi connectivity index (χ3v) is 5.62. The van der Waals surface area contributed by atoms with E-state index < -0.39 is 0 Å². The van der Waals surface area contributed by atoms with Crippen LogP contribution in [0.3, 0.4) is 0 Å². The molecule has 4 rings (SSSR count). The molecule has 5 heteroatoms. The number of nitrogens with one attached hydrogen (secondary N) is 1. The van der Waals surface area contributed by atoms with Gasteiger partial charge in [-0.05, 0) is 37.2 Å². The molecule has 1 amide bonds. The minimum Gasteiger partial charge on any atom is -0.308 e. The van der Waals surface area contributed by atoms with Gasteiger partial charge in [-0.25, -0.2) is 0 Å². The fourth-order valence-electron chi connectivity index (χ4n) is 4.31. The van der Waals surface area contributed by atoms with Gasteiger partial charge in [0.2, 0.25) is 5.91 Å². The zero-order chi connectivity index (χ0) is 17.2. The molecule has 1 N–H and O–H groups in total. The number of hydrogen-bond donors (Lipinski definition) is 1. The summed E-state index contributed by atoms with van der Waals surface area (Å²) in [6.07, 6.45) is 9.34. The molecule has 2 fully saturated rings. The first-order valence-corrected chi connectivity index (χ1v) is 9.31. The summed E-state index contributed by atoms with van der Waals surface area (Å²) >= 11 is 0. The van der Waals surface area contributed by atoms with Crippen LogP contribution in [0.1, 0.15) is 31.2 Å². The molecule has 1 saturated carbocycles. The fourth-order valence-corrected chi connectivity index (χ4v) is 4.31. The molecule has 2 heterocycles. The number of carbonyl (C=O) groups is 1. The lowest BCUT2D eigenvalue weighted by Crippen LogP contribution is -2.45. The zero-order valence-electron chi connectivity index (χ0n) is 14.8. The minimum atomic E-state index is -0.0541. The van der Waals surface area contributed by atoms with Crippen molar-refractivity contribution in [2.24, 2.45) is 13.0 Å². The largest absolute Gasteiger partial charge is 0.308 e. The van der Waals surface area contributed by atoms with Crippen LogP contribution in [0.2, 0.25) is 0 Å². The smallest absolute Gasteiger partial charge is 0.244 e. The van der Waals surface area contributed by atoms with Crippen LogP contribution in [-0.4, -0.2) is 34.3 Å². The summed E-state index contributed by atoms with van der Waals surface area (Å²) in [4.78, 5) is 14.7. The van der Waals surface area contributed by atoms with Crippen molar-refractivity contribution >= 4 is 11.6 Å². The highest BCUT2D eigenvalue weighted by Gasteiger charge is 2.37. The molecular weight excluding hydrogens is 312 g/mol. The van der Waals surface area contributed by atoms with Crippen molar-refractivity contribution in [3.05, 3.63) is 48.3 Å². The van der Waals surface area contributed by atoms with Crippen molar-refractivity contribution in [2.75, 3.05) is 11.4 Å². The lowest BCUT2D eigenvalue weighted by molar-refractivity contribution is -0.119. The topological polar surface area (TPSA) is 50.2 Å². The predicted molar refractivity (Wildman–Crippen MR) is 98.4 cm³/mol. The van der Waals surface area contributed by atoms with Crippen molar-refractivity contribution in [1.82, 2.24) is 15.1 Å². The van der Waals surface area contributed by atoms with Gasteiger partial charge in [-0.2, -0.15) is 5.10 Å². The van der Waals surface area contributed by atoms with Gasteiger partial charge in [0.25, 0.3) is 0 Å². The maximum Gasteiger partial charge on any atom is 0.244 e. The molecule has 0 bridgehead atoms. The first-order chi connectivity index (χ1) is 12.2. The third kappa shape index (κ3) is 3.47. The molecule has 1 aliphatic heterocycles. The van der Waals surface area contributed by atoms with E-state index in [4.69, 9.17) is 0 Å². The van der Waals surface area contributed by atoms with Crippen LogP contribution >= 0.6 is 0 Å². The van der Waals surface area contributed by atoms with Gasteiger partial charge in [-0.15, -0.1) is 0 Å². The summed E-state index contributed by atoms with van der Waals surface area (Å²) in [6, 6.07) is 11.1. The Morgan fingerprint density at radius 3 is 2.80 bits per heavy atom. The Morgan fingerprint density at radius 1 is 1.20 bits per heavy atom. The second kappa shape index (κ2) is 7.00. The molecule has 3 atom stereocenters. The Morgan fingerprint density at radius 2 is 2.04 bits per heavy atom. The Balaban J connectivity index is 1.39. The Bertz CT molecular complexity index is 726. The van der Waals surface area contributed by atoms with Crippen molar-refractivity contribution in [3.8, 4) is 0 Å². The van der Waals surface area contributed by atoms with E-state index in [-0.39, 0.29) is 11.9 Å². The summed E-state index contributed by atoms with van der Waals surface area (Å²) in [7, 11) is 1.88. The van der Waals surface area contributed by atoms with Gasteiger partial charge in [0.15, 0.2) is 0 Å². The highest BCUT2D eigenvalue weighted by atomic mass is 16.2. The maximum absolute atomic E-state index is 12.8. The number of aromatic nitrogens is 2. The fraction of sp³-hybridized carbons (Fsp3) is 0.500. The second-order valence-electron chi connectivity index (χ2n) is 7.36. The molecule has 0 radical (unpaired) electrons. The van der Waals surface area contributed by atoms with Crippen LogP contribution in [0, 0.1) is 5.92 Å². The number of nitrogens with zero attached hydrogens (tertiary/aromatic N) is 3. The maximum atomic E-state index is 12.8. The third-order valence-electron chi connectivity index (χ3n) is 5.62. The van der Waals surface area contributed by atoms with Crippen LogP contribution in [0.25, 0.3) is 0 Å². The van der Waals surface area contributed by atoms with Gasteiger partial charge in [0.05, 0.1) is 17.9 Å². The summed E-state index contributed by atoms with van der Waals surface area (Å²) in [5.74, 6) is 0.820. The molecule has 3 unspecified atom stereocenters. The van der Waals surface area contributed by atoms with Crippen molar-refractivity contribution in [2.45, 2.75) is 44.2 Å². The zero-order valence-corrected chi connectivity index (χ0v) is 14.8. The van der Waals surface area contributed by atoms with E-state index in [0.717, 1.165) is 25.1 Å². The molecule has 5 nitrogen and oxygen atoms in total. The lowest BCUT2D eigenvalue weighted by Gasteiger charge is -2.24.